The summed E-state index contributed by atoms with van der Waals surface area (Å²) in [5, 5.41) is 5.37. The highest BCUT2D eigenvalue weighted by molar-refractivity contribution is 7.10. The summed E-state index contributed by atoms with van der Waals surface area (Å²) in [4.78, 5) is 16.2. The van der Waals surface area contributed by atoms with Crippen LogP contribution in [0.4, 0.5) is 0 Å². The molecule has 1 aliphatic heterocycles. The van der Waals surface area contributed by atoms with E-state index in [-0.39, 0.29) is 11.9 Å². The summed E-state index contributed by atoms with van der Waals surface area (Å²) in [6.07, 6.45) is 1.06. The maximum atomic E-state index is 12.5. The monoisotopic (exact) mass is 328 g/mol. The molecule has 3 nitrogen and oxygen atoms in total. The van der Waals surface area contributed by atoms with Gasteiger partial charge in [0.25, 0.3) is 0 Å². The van der Waals surface area contributed by atoms with E-state index in [2.05, 4.69) is 47.6 Å². The SMILES string of the molecule is CC(C)[C@H](NC(=O)CN1CCc2sccc2C1)c1ccccc1. The maximum absolute atomic E-state index is 12.5. The van der Waals surface area contributed by atoms with Crippen molar-refractivity contribution >= 4 is 17.2 Å². The van der Waals surface area contributed by atoms with Crippen LogP contribution in [0.5, 0.6) is 0 Å². The van der Waals surface area contributed by atoms with Gasteiger partial charge in [-0.15, -0.1) is 11.3 Å². The topological polar surface area (TPSA) is 32.3 Å². The van der Waals surface area contributed by atoms with Crippen LogP contribution in [0.1, 0.15) is 35.9 Å². The Kier molecular flexibility index (Phi) is 5.13. The molecule has 2 heterocycles. The van der Waals surface area contributed by atoms with E-state index in [9.17, 15) is 4.79 Å². The molecule has 122 valence electrons. The van der Waals surface area contributed by atoms with Crippen molar-refractivity contribution in [3.8, 4) is 0 Å². The third-order valence-corrected chi connectivity index (χ3v) is 5.42. The Labute approximate surface area is 142 Å². The smallest absolute Gasteiger partial charge is 0.234 e. The summed E-state index contributed by atoms with van der Waals surface area (Å²) in [6, 6.07) is 12.5. The van der Waals surface area contributed by atoms with Crippen LogP contribution in [-0.4, -0.2) is 23.9 Å². The minimum atomic E-state index is 0.0743. The molecule has 0 radical (unpaired) electrons. The number of thiophene rings is 1. The molecule has 0 spiro atoms. The van der Waals surface area contributed by atoms with Gasteiger partial charge < -0.3 is 5.32 Å². The average molecular weight is 328 g/mol. The minimum absolute atomic E-state index is 0.0743. The third-order valence-electron chi connectivity index (χ3n) is 4.40. The van der Waals surface area contributed by atoms with Gasteiger partial charge in [0.15, 0.2) is 0 Å². The molecule has 0 fully saturated rings. The van der Waals surface area contributed by atoms with Crippen LogP contribution < -0.4 is 5.32 Å². The number of nitrogens with zero attached hydrogens (tertiary/aromatic N) is 1. The molecule has 1 aliphatic rings. The van der Waals surface area contributed by atoms with Crippen LogP contribution in [0.2, 0.25) is 0 Å². The fourth-order valence-corrected chi connectivity index (χ4v) is 4.05. The van der Waals surface area contributed by atoms with Gasteiger partial charge in [0.1, 0.15) is 0 Å². The molecule has 2 aromatic rings. The van der Waals surface area contributed by atoms with E-state index in [1.54, 1.807) is 0 Å². The normalized spacial score (nSPS) is 16.1. The number of carbonyl (C=O) groups excluding carboxylic acids is 1. The van der Waals surface area contributed by atoms with Crippen LogP contribution >= 0.6 is 11.3 Å². The molecule has 23 heavy (non-hydrogen) atoms. The lowest BCUT2D eigenvalue weighted by Crippen LogP contribution is -2.41. The number of carbonyl (C=O) groups is 1. The van der Waals surface area contributed by atoms with E-state index in [4.69, 9.17) is 0 Å². The lowest BCUT2D eigenvalue weighted by Gasteiger charge is -2.28. The van der Waals surface area contributed by atoms with Gasteiger partial charge in [-0.1, -0.05) is 44.2 Å². The Morgan fingerprint density at radius 1 is 1.26 bits per heavy atom. The van der Waals surface area contributed by atoms with Gasteiger partial charge >= 0.3 is 0 Å². The van der Waals surface area contributed by atoms with E-state index in [1.165, 1.54) is 16.0 Å². The molecule has 1 N–H and O–H groups in total. The molecular formula is C19H24N2OS. The predicted molar refractivity (Wildman–Crippen MR) is 95.5 cm³/mol. The molecule has 1 amide bonds. The molecule has 1 aromatic carbocycles. The van der Waals surface area contributed by atoms with E-state index in [0.29, 0.717) is 12.5 Å². The molecule has 0 saturated carbocycles. The number of hydrogen-bond donors (Lipinski definition) is 1. The number of amides is 1. The molecule has 0 bridgehead atoms. The van der Waals surface area contributed by atoms with Crippen LogP contribution in [0, 0.1) is 5.92 Å². The van der Waals surface area contributed by atoms with Crippen molar-refractivity contribution in [1.82, 2.24) is 10.2 Å². The first-order chi connectivity index (χ1) is 11.1. The second-order valence-electron chi connectivity index (χ2n) is 6.53. The zero-order valence-electron chi connectivity index (χ0n) is 13.8. The predicted octanol–water partition coefficient (Wildman–Crippen LogP) is 3.62. The van der Waals surface area contributed by atoms with Gasteiger partial charge in [0.2, 0.25) is 5.91 Å². The van der Waals surface area contributed by atoms with Crippen molar-refractivity contribution < 1.29 is 4.79 Å². The number of rotatable bonds is 5. The van der Waals surface area contributed by atoms with Gasteiger partial charge in [-0.3, -0.25) is 9.69 Å². The Hall–Kier alpha value is -1.65. The first kappa shape index (κ1) is 16.2. The second kappa shape index (κ2) is 7.28. The van der Waals surface area contributed by atoms with Crippen LogP contribution in [0.3, 0.4) is 0 Å². The van der Waals surface area contributed by atoms with E-state index in [1.807, 2.05) is 29.5 Å². The third kappa shape index (κ3) is 4.01. The molecule has 0 aliphatic carbocycles. The summed E-state index contributed by atoms with van der Waals surface area (Å²) in [5.41, 5.74) is 2.56. The Bertz CT molecular complexity index is 650. The standard InChI is InChI=1S/C19H24N2OS/c1-14(2)19(15-6-4-3-5-7-15)20-18(22)13-21-10-8-17-16(12-21)9-11-23-17/h3-7,9,11,14,19H,8,10,12-13H2,1-2H3,(H,20,22)/t19-/m0/s1. The Morgan fingerprint density at radius 2 is 2.04 bits per heavy atom. The van der Waals surface area contributed by atoms with Gasteiger partial charge in [-0.2, -0.15) is 0 Å². The fourth-order valence-electron chi connectivity index (χ4n) is 3.16. The molecule has 0 unspecified atom stereocenters. The van der Waals surface area contributed by atoms with Crippen molar-refractivity contribution in [2.45, 2.75) is 32.9 Å². The van der Waals surface area contributed by atoms with Crippen LogP contribution in [0.15, 0.2) is 41.8 Å². The zero-order valence-corrected chi connectivity index (χ0v) is 14.6. The lowest BCUT2D eigenvalue weighted by molar-refractivity contribution is -0.123. The van der Waals surface area contributed by atoms with Gasteiger partial charge in [0.05, 0.1) is 12.6 Å². The molecule has 1 aromatic heterocycles. The summed E-state index contributed by atoms with van der Waals surface area (Å²) >= 11 is 1.83. The van der Waals surface area contributed by atoms with Crippen molar-refractivity contribution in [1.29, 1.82) is 0 Å². The highest BCUT2D eigenvalue weighted by Crippen LogP contribution is 2.24. The van der Waals surface area contributed by atoms with Gasteiger partial charge in [-0.05, 0) is 34.9 Å². The quantitative estimate of drug-likeness (QED) is 0.909. The Balaban J connectivity index is 1.60. The minimum Gasteiger partial charge on any atom is -0.348 e. The first-order valence-electron chi connectivity index (χ1n) is 8.25. The number of hydrogen-bond acceptors (Lipinski definition) is 3. The van der Waals surface area contributed by atoms with Crippen LogP contribution in [0.25, 0.3) is 0 Å². The number of nitrogens with one attached hydrogen (secondary N) is 1. The summed E-state index contributed by atoms with van der Waals surface area (Å²) in [7, 11) is 0. The molecule has 4 heteroatoms. The summed E-state index contributed by atoms with van der Waals surface area (Å²) in [5.74, 6) is 0.484. The Morgan fingerprint density at radius 3 is 2.78 bits per heavy atom. The van der Waals surface area contributed by atoms with Crippen molar-refractivity contribution in [2.24, 2.45) is 5.92 Å². The van der Waals surface area contributed by atoms with Crippen molar-refractivity contribution in [3.63, 3.8) is 0 Å². The highest BCUT2D eigenvalue weighted by Gasteiger charge is 2.22. The van der Waals surface area contributed by atoms with E-state index in [0.717, 1.165) is 19.5 Å². The number of fused-ring (bicyclic) bond motifs is 1. The molecule has 1 atom stereocenters. The van der Waals surface area contributed by atoms with Crippen LogP contribution in [-0.2, 0) is 17.8 Å². The van der Waals surface area contributed by atoms with Crippen molar-refractivity contribution in [3.05, 3.63) is 57.8 Å². The lowest BCUT2D eigenvalue weighted by atomic mass is 9.96. The summed E-state index contributed by atoms with van der Waals surface area (Å²) in [6.45, 7) is 6.64. The van der Waals surface area contributed by atoms with Gasteiger partial charge in [-0.25, -0.2) is 0 Å². The van der Waals surface area contributed by atoms with E-state index >= 15 is 0 Å². The maximum Gasteiger partial charge on any atom is 0.234 e. The van der Waals surface area contributed by atoms with E-state index < -0.39 is 0 Å². The first-order valence-corrected chi connectivity index (χ1v) is 9.13. The largest absolute Gasteiger partial charge is 0.348 e. The molecule has 3 rings (SSSR count). The van der Waals surface area contributed by atoms with Crippen molar-refractivity contribution in [2.75, 3.05) is 13.1 Å². The fraction of sp³-hybridized carbons (Fsp3) is 0.421. The average Bonchev–Trinajstić information content (AvgIpc) is 3.01. The molecular weight excluding hydrogens is 304 g/mol. The van der Waals surface area contributed by atoms with Gasteiger partial charge in [0, 0.05) is 18.0 Å². The molecule has 0 saturated heterocycles. The summed E-state index contributed by atoms with van der Waals surface area (Å²) < 4.78 is 0. The zero-order chi connectivity index (χ0) is 16.2. The number of benzene rings is 1. The second-order valence-corrected chi connectivity index (χ2v) is 7.53. The highest BCUT2D eigenvalue weighted by atomic mass is 32.1.